The highest BCUT2D eigenvalue weighted by Gasteiger charge is 2.43. The Morgan fingerprint density at radius 1 is 0.960 bits per heavy atom. The van der Waals surface area contributed by atoms with Crippen molar-refractivity contribution < 1.29 is 28.9 Å². The van der Waals surface area contributed by atoms with Gasteiger partial charge in [0.15, 0.2) is 0 Å². The van der Waals surface area contributed by atoms with Crippen molar-refractivity contribution in [2.24, 2.45) is 0 Å². The third kappa shape index (κ3) is 3.30. The summed E-state index contributed by atoms with van der Waals surface area (Å²) in [6.45, 7) is 0. The van der Waals surface area contributed by atoms with Crippen molar-refractivity contribution in [1.82, 2.24) is 0 Å². The van der Waals surface area contributed by atoms with Gasteiger partial charge in [0.25, 0.3) is 7.37 Å². The van der Waals surface area contributed by atoms with E-state index < -0.39 is 31.4 Å². The molecule has 0 aliphatic carbocycles. The molecule has 0 saturated carbocycles. The minimum absolute atomic E-state index is 0.0323. The normalized spacial score (nSPS) is 19.2. The molecule has 2 unspecified atom stereocenters. The van der Waals surface area contributed by atoms with Crippen LogP contribution in [0.2, 0.25) is 0 Å². The Balaban J connectivity index is 2.11. The number of carbonyl (C=O) groups is 2. The lowest BCUT2D eigenvalue weighted by Gasteiger charge is -2.33. The molecule has 0 bridgehead atoms. The highest BCUT2D eigenvalue weighted by molar-refractivity contribution is 7.68. The number of hydrogen-bond donors (Lipinski definition) is 2. The van der Waals surface area contributed by atoms with Crippen LogP contribution in [0.25, 0.3) is 11.1 Å². The molecule has 6 nitrogen and oxygen atoms in total. The molecule has 2 atom stereocenters. The van der Waals surface area contributed by atoms with Crippen LogP contribution in [0.5, 0.6) is 5.75 Å². The van der Waals surface area contributed by atoms with Gasteiger partial charge in [0.05, 0.1) is 17.4 Å². The van der Waals surface area contributed by atoms with Gasteiger partial charge in [-0.1, -0.05) is 36.4 Å². The summed E-state index contributed by atoms with van der Waals surface area (Å²) in [5, 5.41) is 18.6. The van der Waals surface area contributed by atoms with Crippen molar-refractivity contribution in [2.75, 3.05) is 0 Å². The second-order valence-corrected chi connectivity index (χ2v) is 8.47. The van der Waals surface area contributed by atoms with E-state index in [0.717, 1.165) is 11.1 Å². The maximum absolute atomic E-state index is 13.8. The van der Waals surface area contributed by atoms with E-state index in [4.69, 9.17) is 9.63 Å². The van der Waals surface area contributed by atoms with Gasteiger partial charge in [0.2, 0.25) is 0 Å². The standard InChI is InChI=1S/C18H17O6P/c19-17(20)10-9-12(11-18(21)22)25(23)16-8-4-2-6-14(16)13-5-1-3-7-15(13)24-25/h1-8,12H,9-11H2,(H,19,20)(H,21,22). The fourth-order valence-electron chi connectivity index (χ4n) is 3.09. The molecule has 2 aromatic rings. The van der Waals surface area contributed by atoms with E-state index in [1.165, 1.54) is 0 Å². The highest BCUT2D eigenvalue weighted by Crippen LogP contribution is 2.59. The van der Waals surface area contributed by atoms with E-state index in [-0.39, 0.29) is 12.8 Å². The molecule has 0 spiro atoms. The second-order valence-electron chi connectivity index (χ2n) is 5.89. The number of fused-ring (bicyclic) bond motifs is 3. The van der Waals surface area contributed by atoms with Crippen molar-refractivity contribution >= 4 is 24.6 Å². The van der Waals surface area contributed by atoms with Gasteiger partial charge in [-0.25, -0.2) is 0 Å². The van der Waals surface area contributed by atoms with Crippen molar-refractivity contribution in [3.8, 4) is 16.9 Å². The summed E-state index contributed by atoms with van der Waals surface area (Å²) in [5.41, 5.74) is 0.617. The van der Waals surface area contributed by atoms with Gasteiger partial charge in [0, 0.05) is 12.0 Å². The molecule has 0 radical (unpaired) electrons. The second kappa shape index (κ2) is 6.73. The Labute approximate surface area is 144 Å². The molecule has 1 heterocycles. The van der Waals surface area contributed by atoms with Crippen molar-refractivity contribution in [2.45, 2.75) is 24.9 Å². The lowest BCUT2D eigenvalue weighted by molar-refractivity contribution is -0.139. The zero-order chi connectivity index (χ0) is 18.0. The van der Waals surface area contributed by atoms with Crippen LogP contribution < -0.4 is 9.83 Å². The first kappa shape index (κ1) is 17.2. The van der Waals surface area contributed by atoms with Crippen molar-refractivity contribution in [1.29, 1.82) is 0 Å². The number of para-hydroxylation sites is 1. The quantitative estimate of drug-likeness (QED) is 0.766. The molecular formula is C18H17O6P. The molecule has 2 aromatic carbocycles. The van der Waals surface area contributed by atoms with Gasteiger partial charge in [0.1, 0.15) is 5.75 Å². The predicted molar refractivity (Wildman–Crippen MR) is 92.7 cm³/mol. The van der Waals surface area contributed by atoms with Crippen molar-refractivity contribution in [3.05, 3.63) is 48.5 Å². The zero-order valence-corrected chi connectivity index (χ0v) is 14.2. The Hall–Kier alpha value is -2.59. The summed E-state index contributed by atoms with van der Waals surface area (Å²) < 4.78 is 19.6. The minimum atomic E-state index is -3.60. The molecule has 0 aromatic heterocycles. The molecule has 7 heteroatoms. The smallest absolute Gasteiger partial charge is 0.304 e. The minimum Gasteiger partial charge on any atom is -0.481 e. The van der Waals surface area contributed by atoms with E-state index in [0.29, 0.717) is 11.1 Å². The monoisotopic (exact) mass is 360 g/mol. The predicted octanol–water partition coefficient (Wildman–Crippen LogP) is 3.36. The number of carboxylic acids is 2. The highest BCUT2D eigenvalue weighted by atomic mass is 31.2. The van der Waals surface area contributed by atoms with Gasteiger partial charge < -0.3 is 14.7 Å². The summed E-state index contributed by atoms with van der Waals surface area (Å²) in [5.74, 6) is -1.77. The topological polar surface area (TPSA) is 101 Å². The maximum Gasteiger partial charge on any atom is 0.304 e. The molecule has 3 rings (SSSR count). The van der Waals surface area contributed by atoms with Crippen LogP contribution >= 0.6 is 7.37 Å². The number of aliphatic carboxylic acids is 2. The van der Waals surface area contributed by atoms with E-state index in [2.05, 4.69) is 0 Å². The van der Waals surface area contributed by atoms with Gasteiger partial charge in [-0.3, -0.25) is 14.2 Å². The number of hydrogen-bond acceptors (Lipinski definition) is 4. The summed E-state index contributed by atoms with van der Waals surface area (Å²) in [6, 6.07) is 14.1. The molecule has 25 heavy (non-hydrogen) atoms. The van der Waals surface area contributed by atoms with Gasteiger partial charge in [-0.2, -0.15) is 0 Å². The lowest BCUT2D eigenvalue weighted by atomic mass is 10.0. The SMILES string of the molecule is O=C(O)CCC(CC(=O)O)P1(=O)Oc2ccccc2-c2ccccc21. The van der Waals surface area contributed by atoms with Crippen LogP contribution in [0.15, 0.2) is 48.5 Å². The largest absolute Gasteiger partial charge is 0.481 e. The van der Waals surface area contributed by atoms with E-state index in [1.54, 1.807) is 24.3 Å². The molecular weight excluding hydrogens is 343 g/mol. The third-order valence-corrected chi connectivity index (χ3v) is 7.17. The Morgan fingerprint density at radius 3 is 2.28 bits per heavy atom. The summed E-state index contributed by atoms with van der Waals surface area (Å²) in [4.78, 5) is 22.2. The van der Waals surface area contributed by atoms with Gasteiger partial charge in [-0.15, -0.1) is 0 Å². The summed E-state index contributed by atoms with van der Waals surface area (Å²) in [6.07, 6.45) is -0.717. The number of carboxylic acid groups (broad SMARTS) is 2. The van der Waals surface area contributed by atoms with Gasteiger partial charge in [-0.05, 0) is 24.1 Å². The fraction of sp³-hybridized carbons (Fsp3) is 0.222. The van der Waals surface area contributed by atoms with Crippen LogP contribution in [-0.4, -0.2) is 27.8 Å². The first-order chi connectivity index (χ1) is 11.9. The van der Waals surface area contributed by atoms with Crippen LogP contribution in [0.1, 0.15) is 19.3 Å². The summed E-state index contributed by atoms with van der Waals surface area (Å²) >= 11 is 0. The Morgan fingerprint density at radius 2 is 1.60 bits per heavy atom. The Bertz CT molecular complexity index is 875. The van der Waals surface area contributed by atoms with Gasteiger partial charge >= 0.3 is 11.9 Å². The van der Waals surface area contributed by atoms with Crippen LogP contribution in [0.4, 0.5) is 0 Å². The molecule has 1 aliphatic heterocycles. The molecule has 2 N–H and O–H groups in total. The fourth-order valence-corrected chi connectivity index (χ4v) is 5.87. The molecule has 0 amide bonds. The third-order valence-electron chi connectivity index (χ3n) is 4.23. The van der Waals surface area contributed by atoms with E-state index in [1.807, 2.05) is 24.3 Å². The number of rotatable bonds is 6. The number of benzene rings is 2. The first-order valence-corrected chi connectivity index (χ1v) is 9.53. The average molecular weight is 360 g/mol. The van der Waals surface area contributed by atoms with Crippen LogP contribution in [0.3, 0.4) is 0 Å². The van der Waals surface area contributed by atoms with E-state index >= 15 is 0 Å². The van der Waals surface area contributed by atoms with Crippen LogP contribution in [-0.2, 0) is 14.2 Å². The summed E-state index contributed by atoms with van der Waals surface area (Å²) in [7, 11) is -3.60. The molecule has 0 saturated heterocycles. The molecule has 130 valence electrons. The van der Waals surface area contributed by atoms with Crippen molar-refractivity contribution in [3.63, 3.8) is 0 Å². The van der Waals surface area contributed by atoms with Crippen LogP contribution in [0, 0.1) is 0 Å². The maximum atomic E-state index is 13.8. The average Bonchev–Trinajstić information content (AvgIpc) is 2.58. The Kier molecular flexibility index (Phi) is 4.64. The first-order valence-electron chi connectivity index (χ1n) is 7.83. The zero-order valence-electron chi connectivity index (χ0n) is 13.3. The van der Waals surface area contributed by atoms with E-state index in [9.17, 15) is 19.3 Å². The molecule has 0 fully saturated rings. The lowest BCUT2D eigenvalue weighted by Crippen LogP contribution is -2.28. The molecule has 1 aliphatic rings.